The first kappa shape index (κ1) is 13.3. The predicted octanol–water partition coefficient (Wildman–Crippen LogP) is 2.64. The number of benzene rings is 1. The first-order chi connectivity index (χ1) is 9.08. The van der Waals surface area contributed by atoms with Gasteiger partial charge in [-0.25, -0.2) is 4.98 Å². The Morgan fingerprint density at radius 2 is 2.11 bits per heavy atom. The molecule has 0 spiro atoms. The fourth-order valence-electron chi connectivity index (χ4n) is 1.94. The molecular formula is C15H18N2O2. The van der Waals surface area contributed by atoms with Crippen molar-refractivity contribution in [1.29, 1.82) is 0 Å². The molecule has 19 heavy (non-hydrogen) atoms. The molecule has 1 aromatic heterocycles. The smallest absolute Gasteiger partial charge is 0.251 e. The van der Waals surface area contributed by atoms with Crippen LogP contribution in [0, 0.1) is 5.92 Å². The first-order valence-electron chi connectivity index (χ1n) is 6.33. The number of ether oxygens (including phenoxy) is 1. The van der Waals surface area contributed by atoms with Crippen LogP contribution in [-0.2, 0) is 6.42 Å². The summed E-state index contributed by atoms with van der Waals surface area (Å²) < 4.78 is 5.18. The van der Waals surface area contributed by atoms with Crippen LogP contribution in [0.1, 0.15) is 19.5 Å². The molecule has 100 valence electrons. The molecule has 1 N–H and O–H groups in total. The number of nitrogens with one attached hydrogen (secondary N) is 1. The second-order valence-corrected chi connectivity index (χ2v) is 4.92. The largest absolute Gasteiger partial charge is 0.497 e. The van der Waals surface area contributed by atoms with E-state index in [4.69, 9.17) is 4.74 Å². The average Bonchev–Trinajstić information content (AvgIpc) is 2.37. The van der Waals surface area contributed by atoms with Gasteiger partial charge in [0.25, 0.3) is 5.56 Å². The summed E-state index contributed by atoms with van der Waals surface area (Å²) in [4.78, 5) is 19.0. The van der Waals surface area contributed by atoms with Crippen molar-refractivity contribution < 1.29 is 4.74 Å². The molecule has 0 saturated heterocycles. The lowest BCUT2D eigenvalue weighted by atomic mass is 10.1. The molecular weight excluding hydrogens is 240 g/mol. The van der Waals surface area contributed by atoms with Crippen LogP contribution in [0.25, 0.3) is 11.4 Å². The van der Waals surface area contributed by atoms with Gasteiger partial charge in [0, 0.05) is 17.3 Å². The normalized spacial score (nSPS) is 10.7. The lowest BCUT2D eigenvalue weighted by Gasteiger charge is -2.07. The van der Waals surface area contributed by atoms with E-state index in [0.717, 1.165) is 23.4 Å². The van der Waals surface area contributed by atoms with Gasteiger partial charge in [0.15, 0.2) is 0 Å². The maximum absolute atomic E-state index is 11.7. The summed E-state index contributed by atoms with van der Waals surface area (Å²) in [6.45, 7) is 4.21. The highest BCUT2D eigenvalue weighted by Crippen LogP contribution is 2.20. The van der Waals surface area contributed by atoms with Crippen LogP contribution in [0.15, 0.2) is 35.1 Å². The Bertz CT molecular complexity index is 618. The Balaban J connectivity index is 2.43. The van der Waals surface area contributed by atoms with Gasteiger partial charge < -0.3 is 9.72 Å². The van der Waals surface area contributed by atoms with Crippen molar-refractivity contribution in [3.05, 3.63) is 46.4 Å². The second-order valence-electron chi connectivity index (χ2n) is 4.92. The third-order valence-corrected chi connectivity index (χ3v) is 2.76. The molecule has 0 aliphatic heterocycles. The second kappa shape index (κ2) is 5.69. The minimum Gasteiger partial charge on any atom is -0.497 e. The number of hydrogen-bond donors (Lipinski definition) is 1. The van der Waals surface area contributed by atoms with E-state index < -0.39 is 0 Å². The zero-order valence-electron chi connectivity index (χ0n) is 11.4. The molecule has 4 heteroatoms. The number of nitrogens with zero attached hydrogens (tertiary/aromatic N) is 1. The van der Waals surface area contributed by atoms with Crippen LogP contribution in [-0.4, -0.2) is 17.1 Å². The average molecular weight is 258 g/mol. The molecule has 1 aromatic carbocycles. The molecule has 0 aliphatic carbocycles. The minimum atomic E-state index is -0.122. The van der Waals surface area contributed by atoms with E-state index in [-0.39, 0.29) is 5.56 Å². The SMILES string of the molecule is COc1cccc(-c2nc(CC(C)C)cc(=O)[nH]2)c1. The number of hydrogen-bond acceptors (Lipinski definition) is 3. The molecule has 1 heterocycles. The van der Waals surface area contributed by atoms with E-state index in [1.165, 1.54) is 0 Å². The summed E-state index contributed by atoms with van der Waals surface area (Å²) in [5.41, 5.74) is 1.54. The summed E-state index contributed by atoms with van der Waals surface area (Å²) in [5, 5.41) is 0. The molecule has 4 nitrogen and oxygen atoms in total. The van der Waals surface area contributed by atoms with Crippen molar-refractivity contribution >= 4 is 0 Å². The maximum atomic E-state index is 11.7. The van der Waals surface area contributed by atoms with Crippen molar-refractivity contribution in [3.8, 4) is 17.1 Å². The lowest BCUT2D eigenvalue weighted by Crippen LogP contribution is -2.11. The summed E-state index contributed by atoms with van der Waals surface area (Å²) in [7, 11) is 1.62. The number of aromatic amines is 1. The van der Waals surface area contributed by atoms with E-state index in [0.29, 0.717) is 11.7 Å². The van der Waals surface area contributed by atoms with Gasteiger partial charge in [-0.15, -0.1) is 0 Å². The lowest BCUT2D eigenvalue weighted by molar-refractivity contribution is 0.415. The van der Waals surface area contributed by atoms with Gasteiger partial charge in [0.1, 0.15) is 11.6 Å². The molecule has 2 rings (SSSR count). The van der Waals surface area contributed by atoms with Crippen LogP contribution >= 0.6 is 0 Å². The van der Waals surface area contributed by atoms with Crippen molar-refractivity contribution in [1.82, 2.24) is 9.97 Å². The van der Waals surface area contributed by atoms with Crippen molar-refractivity contribution in [2.75, 3.05) is 7.11 Å². The Kier molecular flexibility index (Phi) is 4.00. The van der Waals surface area contributed by atoms with Gasteiger partial charge in [-0.05, 0) is 24.5 Å². The van der Waals surface area contributed by atoms with Crippen LogP contribution < -0.4 is 10.3 Å². The molecule has 0 aliphatic rings. The van der Waals surface area contributed by atoms with Gasteiger partial charge in [0.2, 0.25) is 0 Å². The molecule has 0 radical (unpaired) electrons. The van der Waals surface area contributed by atoms with Crippen LogP contribution in [0.4, 0.5) is 0 Å². The van der Waals surface area contributed by atoms with Gasteiger partial charge in [0.05, 0.1) is 7.11 Å². The van der Waals surface area contributed by atoms with Gasteiger partial charge in [-0.2, -0.15) is 0 Å². The highest BCUT2D eigenvalue weighted by molar-refractivity contribution is 5.57. The fourth-order valence-corrected chi connectivity index (χ4v) is 1.94. The van der Waals surface area contributed by atoms with Crippen molar-refractivity contribution in [2.24, 2.45) is 5.92 Å². The van der Waals surface area contributed by atoms with Crippen LogP contribution in [0.5, 0.6) is 5.75 Å². The quantitative estimate of drug-likeness (QED) is 0.917. The van der Waals surface area contributed by atoms with E-state index in [9.17, 15) is 4.79 Å². The van der Waals surface area contributed by atoms with Crippen molar-refractivity contribution in [2.45, 2.75) is 20.3 Å². The van der Waals surface area contributed by atoms with Gasteiger partial charge in [-0.3, -0.25) is 4.79 Å². The van der Waals surface area contributed by atoms with Gasteiger partial charge >= 0.3 is 0 Å². The number of rotatable bonds is 4. The van der Waals surface area contributed by atoms with Crippen LogP contribution in [0.3, 0.4) is 0 Å². The first-order valence-corrected chi connectivity index (χ1v) is 6.33. The maximum Gasteiger partial charge on any atom is 0.251 e. The highest BCUT2D eigenvalue weighted by Gasteiger charge is 2.06. The molecule has 0 fully saturated rings. The third-order valence-electron chi connectivity index (χ3n) is 2.76. The fraction of sp³-hybridized carbons (Fsp3) is 0.333. The number of methoxy groups -OCH3 is 1. The molecule has 0 amide bonds. The Morgan fingerprint density at radius 3 is 2.79 bits per heavy atom. The summed E-state index contributed by atoms with van der Waals surface area (Å²) >= 11 is 0. The van der Waals surface area contributed by atoms with E-state index in [1.54, 1.807) is 13.2 Å². The molecule has 0 atom stereocenters. The summed E-state index contributed by atoms with van der Waals surface area (Å²) in [6, 6.07) is 9.06. The Labute approximate surface area is 112 Å². The van der Waals surface area contributed by atoms with E-state index in [2.05, 4.69) is 23.8 Å². The topological polar surface area (TPSA) is 55.0 Å². The zero-order valence-corrected chi connectivity index (χ0v) is 11.4. The van der Waals surface area contributed by atoms with E-state index >= 15 is 0 Å². The monoisotopic (exact) mass is 258 g/mol. The van der Waals surface area contributed by atoms with Gasteiger partial charge in [-0.1, -0.05) is 26.0 Å². The van der Waals surface area contributed by atoms with Crippen molar-refractivity contribution in [3.63, 3.8) is 0 Å². The highest BCUT2D eigenvalue weighted by atomic mass is 16.5. The Morgan fingerprint density at radius 1 is 1.32 bits per heavy atom. The summed E-state index contributed by atoms with van der Waals surface area (Å²) in [5.74, 6) is 1.80. The number of H-pyrrole nitrogens is 1. The molecule has 2 aromatic rings. The molecule has 0 bridgehead atoms. The van der Waals surface area contributed by atoms with Crippen LogP contribution in [0.2, 0.25) is 0 Å². The number of aromatic nitrogens is 2. The summed E-state index contributed by atoms with van der Waals surface area (Å²) in [6.07, 6.45) is 0.793. The minimum absolute atomic E-state index is 0.122. The standard InChI is InChI=1S/C15H18N2O2/c1-10(2)7-12-9-14(18)17-15(16-12)11-5-4-6-13(8-11)19-3/h4-6,8-10H,7H2,1-3H3,(H,16,17,18). The molecule has 0 saturated carbocycles. The third kappa shape index (κ3) is 3.44. The predicted molar refractivity (Wildman–Crippen MR) is 75.4 cm³/mol. The van der Waals surface area contributed by atoms with E-state index in [1.807, 2.05) is 24.3 Å². The zero-order chi connectivity index (χ0) is 13.8. The molecule has 0 unspecified atom stereocenters. The Hall–Kier alpha value is -2.10.